The van der Waals surface area contributed by atoms with E-state index in [9.17, 15) is 9.90 Å². The van der Waals surface area contributed by atoms with E-state index in [2.05, 4.69) is 19.9 Å². The summed E-state index contributed by atoms with van der Waals surface area (Å²) in [5, 5.41) is 10.4. The van der Waals surface area contributed by atoms with Crippen molar-refractivity contribution in [3.05, 3.63) is 23.8 Å². The van der Waals surface area contributed by atoms with Gasteiger partial charge in [0.05, 0.1) is 6.10 Å². The van der Waals surface area contributed by atoms with Crippen molar-refractivity contribution in [1.82, 2.24) is 0 Å². The maximum Gasteiger partial charge on any atom is 0.178 e. The van der Waals surface area contributed by atoms with Gasteiger partial charge < -0.3 is 5.11 Å². The first kappa shape index (κ1) is 13.8. The molecule has 0 aromatic carbocycles. The van der Waals surface area contributed by atoms with Crippen LogP contribution >= 0.6 is 0 Å². The number of aliphatic hydroxyl groups is 1. The summed E-state index contributed by atoms with van der Waals surface area (Å²) in [6.07, 6.45) is 12.6. The molecule has 0 heterocycles. The third-order valence-corrected chi connectivity index (χ3v) is 7.51. The van der Waals surface area contributed by atoms with Crippen molar-refractivity contribution in [2.24, 2.45) is 28.6 Å². The highest BCUT2D eigenvalue weighted by Gasteiger charge is 2.58. The summed E-state index contributed by atoms with van der Waals surface area (Å²) in [5.41, 5.74) is 1.59. The van der Waals surface area contributed by atoms with Crippen molar-refractivity contribution >= 4 is 5.78 Å². The van der Waals surface area contributed by atoms with Gasteiger partial charge in [0.25, 0.3) is 0 Å². The topological polar surface area (TPSA) is 37.3 Å². The third kappa shape index (κ3) is 1.72. The van der Waals surface area contributed by atoms with E-state index in [-0.39, 0.29) is 22.7 Å². The number of rotatable bonds is 0. The predicted molar refractivity (Wildman–Crippen MR) is 82.6 cm³/mol. The van der Waals surface area contributed by atoms with Gasteiger partial charge in [-0.15, -0.1) is 0 Å². The highest BCUT2D eigenvalue weighted by atomic mass is 16.3. The fraction of sp³-hybridized carbons (Fsp3) is 0.737. The lowest BCUT2D eigenvalue weighted by atomic mass is 9.48. The monoisotopic (exact) mass is 286 g/mol. The van der Waals surface area contributed by atoms with Crippen molar-refractivity contribution < 1.29 is 9.90 Å². The normalized spacial score (nSPS) is 52.0. The van der Waals surface area contributed by atoms with Crippen LogP contribution in [0.1, 0.15) is 52.4 Å². The van der Waals surface area contributed by atoms with E-state index in [0.717, 1.165) is 25.2 Å². The molecule has 114 valence electrons. The standard InChI is InChI=1S/C19H26O2/c1-18-9-7-13(20)11-12(18)3-4-14-15-5-6-17(21)19(15,2)10-8-16(14)18/h7,9,11,14-17,21H,3-6,8,10H2,1-2H3/t14-,15?,16?,17-,18-,19-/m0/s1. The summed E-state index contributed by atoms with van der Waals surface area (Å²) in [4.78, 5) is 11.7. The minimum absolute atomic E-state index is 0.0890. The summed E-state index contributed by atoms with van der Waals surface area (Å²) in [6, 6.07) is 0. The lowest BCUT2D eigenvalue weighted by Gasteiger charge is -2.56. The molecule has 0 bridgehead atoms. The molecule has 4 rings (SSSR count). The molecular formula is C19H26O2. The molecule has 4 aliphatic carbocycles. The fourth-order valence-electron chi connectivity index (χ4n) is 6.17. The van der Waals surface area contributed by atoms with Crippen molar-refractivity contribution in [2.75, 3.05) is 0 Å². The van der Waals surface area contributed by atoms with Gasteiger partial charge in [0.1, 0.15) is 0 Å². The van der Waals surface area contributed by atoms with E-state index in [1.165, 1.54) is 24.8 Å². The molecule has 0 amide bonds. The first-order chi connectivity index (χ1) is 9.95. The van der Waals surface area contributed by atoms with Crippen LogP contribution in [-0.4, -0.2) is 17.0 Å². The van der Waals surface area contributed by atoms with Crippen LogP contribution in [0.3, 0.4) is 0 Å². The molecule has 0 aliphatic heterocycles. The number of ketones is 1. The van der Waals surface area contributed by atoms with Crippen LogP contribution < -0.4 is 0 Å². The van der Waals surface area contributed by atoms with Crippen LogP contribution in [0.25, 0.3) is 0 Å². The lowest BCUT2D eigenvalue weighted by Crippen LogP contribution is -2.50. The van der Waals surface area contributed by atoms with Crippen molar-refractivity contribution in [3.8, 4) is 0 Å². The van der Waals surface area contributed by atoms with Crippen LogP contribution in [0.2, 0.25) is 0 Å². The molecule has 2 unspecified atom stereocenters. The second kappa shape index (κ2) is 4.32. The van der Waals surface area contributed by atoms with E-state index in [4.69, 9.17) is 0 Å². The van der Waals surface area contributed by atoms with Crippen molar-refractivity contribution in [3.63, 3.8) is 0 Å². The minimum Gasteiger partial charge on any atom is -0.393 e. The molecule has 21 heavy (non-hydrogen) atoms. The Morgan fingerprint density at radius 2 is 1.95 bits per heavy atom. The zero-order chi connectivity index (χ0) is 14.8. The van der Waals surface area contributed by atoms with Gasteiger partial charge in [-0.2, -0.15) is 0 Å². The molecule has 4 aliphatic rings. The Kier molecular flexibility index (Phi) is 2.83. The van der Waals surface area contributed by atoms with Gasteiger partial charge in [-0.05, 0) is 73.8 Å². The molecule has 0 spiro atoms. The van der Waals surface area contributed by atoms with Crippen LogP contribution in [0, 0.1) is 28.6 Å². The van der Waals surface area contributed by atoms with Gasteiger partial charge in [0, 0.05) is 5.41 Å². The molecule has 0 radical (unpaired) electrons. The zero-order valence-electron chi connectivity index (χ0n) is 13.1. The average Bonchev–Trinajstić information content (AvgIpc) is 2.76. The highest BCUT2D eigenvalue weighted by molar-refractivity contribution is 6.01. The SMILES string of the molecule is C[C@]12C=CC(=O)C=C1CC[C@@H]1C2CC[C@@]2(C)C1CC[C@@H]2O. The number of carbonyl (C=O) groups excluding carboxylic acids is 1. The largest absolute Gasteiger partial charge is 0.393 e. The van der Waals surface area contributed by atoms with Crippen LogP contribution in [-0.2, 0) is 4.79 Å². The summed E-state index contributed by atoms with van der Waals surface area (Å²) < 4.78 is 0. The summed E-state index contributed by atoms with van der Waals surface area (Å²) >= 11 is 0. The molecule has 2 nitrogen and oxygen atoms in total. The van der Waals surface area contributed by atoms with E-state index in [1.807, 2.05) is 6.08 Å². The number of hydrogen-bond donors (Lipinski definition) is 1. The fourth-order valence-corrected chi connectivity index (χ4v) is 6.17. The quantitative estimate of drug-likeness (QED) is 0.738. The maximum atomic E-state index is 11.7. The Morgan fingerprint density at radius 1 is 1.14 bits per heavy atom. The van der Waals surface area contributed by atoms with Crippen LogP contribution in [0.5, 0.6) is 0 Å². The van der Waals surface area contributed by atoms with E-state index in [0.29, 0.717) is 11.8 Å². The first-order valence-electron chi connectivity index (χ1n) is 8.57. The van der Waals surface area contributed by atoms with E-state index < -0.39 is 0 Å². The summed E-state index contributed by atoms with van der Waals surface area (Å²) in [6.45, 7) is 4.66. The lowest BCUT2D eigenvalue weighted by molar-refractivity contribution is -0.111. The molecule has 3 fully saturated rings. The van der Waals surface area contributed by atoms with Gasteiger partial charge in [0.15, 0.2) is 5.78 Å². The second-order valence-electron chi connectivity index (χ2n) is 8.24. The van der Waals surface area contributed by atoms with E-state index in [1.54, 1.807) is 6.08 Å². The Bertz CT molecular complexity index is 546. The van der Waals surface area contributed by atoms with Crippen LogP contribution in [0.15, 0.2) is 23.8 Å². The molecule has 1 N–H and O–H groups in total. The zero-order valence-corrected chi connectivity index (χ0v) is 13.1. The molecule has 2 heteroatoms. The molecule has 6 atom stereocenters. The van der Waals surface area contributed by atoms with Gasteiger partial charge in [-0.25, -0.2) is 0 Å². The van der Waals surface area contributed by atoms with Crippen LogP contribution in [0.4, 0.5) is 0 Å². The van der Waals surface area contributed by atoms with Gasteiger partial charge in [-0.3, -0.25) is 4.79 Å². The molecule has 0 aromatic rings. The molecule has 3 saturated carbocycles. The van der Waals surface area contributed by atoms with Crippen molar-refractivity contribution in [1.29, 1.82) is 0 Å². The van der Waals surface area contributed by atoms with Gasteiger partial charge in [0.2, 0.25) is 0 Å². The summed E-state index contributed by atoms with van der Waals surface area (Å²) in [5.74, 6) is 2.22. The molecule has 0 saturated heterocycles. The molecule has 0 aromatic heterocycles. The van der Waals surface area contributed by atoms with E-state index >= 15 is 0 Å². The number of allylic oxidation sites excluding steroid dienone is 4. The highest BCUT2D eigenvalue weighted by Crippen LogP contribution is 2.64. The van der Waals surface area contributed by atoms with Gasteiger partial charge in [-0.1, -0.05) is 25.5 Å². The Labute approximate surface area is 127 Å². The number of aliphatic hydroxyl groups excluding tert-OH is 1. The van der Waals surface area contributed by atoms with Crippen molar-refractivity contribution in [2.45, 2.75) is 58.5 Å². The Hall–Kier alpha value is -0.890. The maximum absolute atomic E-state index is 11.7. The smallest absolute Gasteiger partial charge is 0.178 e. The number of hydrogen-bond acceptors (Lipinski definition) is 2. The predicted octanol–water partition coefficient (Wildman–Crippen LogP) is 3.66. The Morgan fingerprint density at radius 3 is 2.76 bits per heavy atom. The third-order valence-electron chi connectivity index (χ3n) is 7.51. The summed E-state index contributed by atoms with van der Waals surface area (Å²) in [7, 11) is 0. The Balaban J connectivity index is 1.70. The van der Waals surface area contributed by atoms with Gasteiger partial charge >= 0.3 is 0 Å². The first-order valence-corrected chi connectivity index (χ1v) is 8.57. The molecular weight excluding hydrogens is 260 g/mol. The second-order valence-corrected chi connectivity index (χ2v) is 8.24. The minimum atomic E-state index is -0.100. The average molecular weight is 286 g/mol. The number of fused-ring (bicyclic) bond motifs is 5. The number of carbonyl (C=O) groups is 1.